The van der Waals surface area contributed by atoms with E-state index in [1.54, 1.807) is 31.2 Å². The lowest BCUT2D eigenvalue weighted by Gasteiger charge is -2.17. The highest BCUT2D eigenvalue weighted by molar-refractivity contribution is 5.97. The molecule has 1 unspecified atom stereocenters. The lowest BCUT2D eigenvalue weighted by atomic mass is 10.0. The molecule has 2 aromatic carbocycles. The standard InChI is InChI=1S/C23H28N2O3/c1-16(2)19-7-6-8-21(15-19)28-17(3)22(26)24-20-11-9-18(10-12-20)23(27)25-13-4-5-14-25/h6-12,15-17H,4-5,13-14H2,1-3H3,(H,24,26). The third-order valence-electron chi connectivity index (χ3n) is 5.00. The van der Waals surface area contributed by atoms with Crippen LogP contribution in [0.3, 0.4) is 0 Å². The van der Waals surface area contributed by atoms with Crippen molar-refractivity contribution in [1.82, 2.24) is 4.90 Å². The van der Waals surface area contributed by atoms with Crippen LogP contribution in [0.5, 0.6) is 5.75 Å². The van der Waals surface area contributed by atoms with Crippen molar-refractivity contribution in [2.75, 3.05) is 18.4 Å². The molecule has 5 heteroatoms. The molecule has 0 saturated carbocycles. The molecule has 5 nitrogen and oxygen atoms in total. The van der Waals surface area contributed by atoms with Gasteiger partial charge in [-0.3, -0.25) is 9.59 Å². The lowest BCUT2D eigenvalue weighted by molar-refractivity contribution is -0.122. The minimum Gasteiger partial charge on any atom is -0.481 e. The Kier molecular flexibility index (Phi) is 6.34. The van der Waals surface area contributed by atoms with E-state index in [4.69, 9.17) is 4.74 Å². The highest BCUT2D eigenvalue weighted by Crippen LogP contribution is 2.21. The average molecular weight is 380 g/mol. The summed E-state index contributed by atoms with van der Waals surface area (Å²) in [6, 6.07) is 14.8. The van der Waals surface area contributed by atoms with E-state index >= 15 is 0 Å². The van der Waals surface area contributed by atoms with Crippen molar-refractivity contribution in [1.29, 1.82) is 0 Å². The maximum atomic E-state index is 12.5. The van der Waals surface area contributed by atoms with Crippen molar-refractivity contribution in [2.45, 2.75) is 45.6 Å². The Morgan fingerprint density at radius 1 is 1.00 bits per heavy atom. The predicted octanol–water partition coefficient (Wildman–Crippen LogP) is 4.45. The minimum absolute atomic E-state index is 0.0529. The fourth-order valence-corrected chi connectivity index (χ4v) is 3.25. The first-order valence-corrected chi connectivity index (χ1v) is 9.91. The number of anilines is 1. The minimum atomic E-state index is -0.631. The molecule has 0 aromatic heterocycles. The number of likely N-dealkylation sites (tertiary alicyclic amines) is 1. The van der Waals surface area contributed by atoms with Gasteiger partial charge in [-0.25, -0.2) is 0 Å². The lowest BCUT2D eigenvalue weighted by Crippen LogP contribution is -2.30. The first-order chi connectivity index (χ1) is 13.4. The van der Waals surface area contributed by atoms with Gasteiger partial charge in [-0.1, -0.05) is 26.0 Å². The van der Waals surface area contributed by atoms with Crippen molar-refractivity contribution < 1.29 is 14.3 Å². The van der Waals surface area contributed by atoms with Gasteiger partial charge in [-0.15, -0.1) is 0 Å². The van der Waals surface area contributed by atoms with E-state index in [9.17, 15) is 9.59 Å². The van der Waals surface area contributed by atoms with E-state index in [0.717, 1.165) is 25.9 Å². The molecule has 0 spiro atoms. The van der Waals surface area contributed by atoms with Crippen LogP contribution in [0.15, 0.2) is 48.5 Å². The summed E-state index contributed by atoms with van der Waals surface area (Å²) in [6.07, 6.45) is 1.50. The molecule has 2 aromatic rings. The number of carbonyl (C=O) groups is 2. The van der Waals surface area contributed by atoms with Crippen molar-refractivity contribution in [3.8, 4) is 5.75 Å². The molecule has 2 amide bonds. The fraction of sp³-hybridized carbons (Fsp3) is 0.391. The number of amides is 2. The molecule has 1 aliphatic rings. The quantitative estimate of drug-likeness (QED) is 0.805. The molecule has 1 N–H and O–H groups in total. The monoisotopic (exact) mass is 380 g/mol. The van der Waals surface area contributed by atoms with E-state index < -0.39 is 6.10 Å². The zero-order chi connectivity index (χ0) is 20.1. The highest BCUT2D eigenvalue weighted by Gasteiger charge is 2.20. The summed E-state index contributed by atoms with van der Waals surface area (Å²) in [5.74, 6) is 0.903. The third kappa shape index (κ3) is 4.91. The Balaban J connectivity index is 1.57. The molecule has 1 atom stereocenters. The summed E-state index contributed by atoms with van der Waals surface area (Å²) in [6.45, 7) is 7.61. The van der Waals surface area contributed by atoms with Gasteiger partial charge in [0.15, 0.2) is 6.10 Å². The molecule has 0 radical (unpaired) electrons. The number of benzene rings is 2. The number of hydrogen-bond acceptors (Lipinski definition) is 3. The number of hydrogen-bond donors (Lipinski definition) is 1. The van der Waals surface area contributed by atoms with E-state index in [0.29, 0.717) is 22.9 Å². The van der Waals surface area contributed by atoms with Crippen LogP contribution in [0.1, 0.15) is 55.5 Å². The smallest absolute Gasteiger partial charge is 0.265 e. The molecule has 28 heavy (non-hydrogen) atoms. The van der Waals surface area contributed by atoms with Crippen LogP contribution in [-0.4, -0.2) is 35.9 Å². The molecule has 0 aliphatic carbocycles. The Labute approximate surface area is 166 Å². The molecular formula is C23H28N2O3. The second kappa shape index (κ2) is 8.91. The van der Waals surface area contributed by atoms with Gasteiger partial charge in [0.2, 0.25) is 0 Å². The molecule has 1 fully saturated rings. The largest absolute Gasteiger partial charge is 0.481 e. The van der Waals surface area contributed by atoms with Crippen LogP contribution >= 0.6 is 0 Å². The first-order valence-electron chi connectivity index (χ1n) is 9.91. The highest BCUT2D eigenvalue weighted by atomic mass is 16.5. The van der Waals surface area contributed by atoms with Gasteiger partial charge in [0.1, 0.15) is 5.75 Å². The van der Waals surface area contributed by atoms with Crippen LogP contribution in [-0.2, 0) is 4.79 Å². The summed E-state index contributed by atoms with van der Waals surface area (Å²) in [5, 5.41) is 2.85. The summed E-state index contributed by atoms with van der Waals surface area (Å²) < 4.78 is 5.80. The van der Waals surface area contributed by atoms with E-state index in [-0.39, 0.29) is 11.8 Å². The van der Waals surface area contributed by atoms with Gasteiger partial charge < -0.3 is 15.0 Å². The Morgan fingerprint density at radius 2 is 1.68 bits per heavy atom. The van der Waals surface area contributed by atoms with Gasteiger partial charge in [0.05, 0.1) is 0 Å². The van der Waals surface area contributed by atoms with Crippen LogP contribution in [0, 0.1) is 0 Å². The Morgan fingerprint density at radius 3 is 2.32 bits per heavy atom. The summed E-state index contributed by atoms with van der Waals surface area (Å²) >= 11 is 0. The molecule has 1 aliphatic heterocycles. The molecule has 148 valence electrons. The third-order valence-corrected chi connectivity index (χ3v) is 5.00. The SMILES string of the molecule is CC(Oc1cccc(C(C)C)c1)C(=O)Nc1ccc(C(=O)N2CCCC2)cc1. The second-order valence-electron chi connectivity index (χ2n) is 7.55. The van der Waals surface area contributed by atoms with Crippen molar-refractivity contribution in [2.24, 2.45) is 0 Å². The maximum Gasteiger partial charge on any atom is 0.265 e. The Hall–Kier alpha value is -2.82. The molecule has 3 rings (SSSR count). The van der Waals surface area contributed by atoms with Crippen molar-refractivity contribution in [3.63, 3.8) is 0 Å². The molecule has 1 saturated heterocycles. The summed E-state index contributed by atoms with van der Waals surface area (Å²) in [5.41, 5.74) is 2.47. The van der Waals surface area contributed by atoms with Gasteiger partial charge in [0, 0.05) is 24.3 Å². The summed E-state index contributed by atoms with van der Waals surface area (Å²) in [4.78, 5) is 26.7. The van der Waals surface area contributed by atoms with Gasteiger partial charge in [-0.05, 0) is 67.6 Å². The zero-order valence-corrected chi connectivity index (χ0v) is 16.8. The fourth-order valence-electron chi connectivity index (χ4n) is 3.25. The van der Waals surface area contributed by atoms with Gasteiger partial charge in [-0.2, -0.15) is 0 Å². The molecule has 1 heterocycles. The number of ether oxygens (including phenoxy) is 1. The molecular weight excluding hydrogens is 352 g/mol. The number of nitrogens with zero attached hydrogens (tertiary/aromatic N) is 1. The van der Waals surface area contributed by atoms with E-state index in [1.165, 1.54) is 5.56 Å². The normalized spacial score (nSPS) is 14.8. The molecule has 0 bridgehead atoms. The predicted molar refractivity (Wildman–Crippen MR) is 111 cm³/mol. The van der Waals surface area contributed by atoms with Gasteiger partial charge in [0.25, 0.3) is 11.8 Å². The first kappa shape index (κ1) is 19.9. The van der Waals surface area contributed by atoms with E-state index in [2.05, 4.69) is 19.2 Å². The number of rotatable bonds is 6. The summed E-state index contributed by atoms with van der Waals surface area (Å²) in [7, 11) is 0. The van der Waals surface area contributed by atoms with Crippen LogP contribution in [0.4, 0.5) is 5.69 Å². The van der Waals surface area contributed by atoms with Crippen molar-refractivity contribution in [3.05, 3.63) is 59.7 Å². The number of carbonyl (C=O) groups excluding carboxylic acids is 2. The average Bonchev–Trinajstić information content (AvgIpc) is 3.23. The Bertz CT molecular complexity index is 824. The topological polar surface area (TPSA) is 58.6 Å². The number of nitrogens with one attached hydrogen (secondary N) is 1. The van der Waals surface area contributed by atoms with Crippen LogP contribution in [0.2, 0.25) is 0 Å². The second-order valence-corrected chi connectivity index (χ2v) is 7.55. The zero-order valence-electron chi connectivity index (χ0n) is 16.8. The van der Waals surface area contributed by atoms with Crippen LogP contribution < -0.4 is 10.1 Å². The van der Waals surface area contributed by atoms with Crippen LogP contribution in [0.25, 0.3) is 0 Å². The van der Waals surface area contributed by atoms with Gasteiger partial charge >= 0.3 is 0 Å². The maximum absolute atomic E-state index is 12.5. The van der Waals surface area contributed by atoms with E-state index in [1.807, 2.05) is 29.2 Å². The van der Waals surface area contributed by atoms with Crippen molar-refractivity contribution >= 4 is 17.5 Å².